The lowest BCUT2D eigenvalue weighted by Crippen LogP contribution is -2.43. The standard InChI is InChI=1S/C19H26N4O/c24-19(11-14-3-4-17-13-21-22-18(17)10-14)23-8-5-15(6-9-23)16-2-1-7-20-12-16/h3-4,10,13,15-16,20H,1-2,5-9,11-12H2,(H,21,22). The van der Waals surface area contributed by atoms with Gasteiger partial charge in [0.05, 0.1) is 18.1 Å². The van der Waals surface area contributed by atoms with Crippen LogP contribution in [-0.4, -0.2) is 47.2 Å². The van der Waals surface area contributed by atoms with Crippen molar-refractivity contribution in [2.45, 2.75) is 32.1 Å². The van der Waals surface area contributed by atoms with Crippen molar-refractivity contribution in [2.75, 3.05) is 26.2 Å². The topological polar surface area (TPSA) is 61.0 Å². The Bertz CT molecular complexity index is 696. The molecule has 1 atom stereocenters. The normalized spacial score (nSPS) is 22.8. The van der Waals surface area contributed by atoms with Gasteiger partial charge < -0.3 is 10.2 Å². The summed E-state index contributed by atoms with van der Waals surface area (Å²) in [6, 6.07) is 6.11. The largest absolute Gasteiger partial charge is 0.342 e. The molecule has 5 nitrogen and oxygen atoms in total. The second kappa shape index (κ2) is 6.93. The molecule has 2 aliphatic heterocycles. The molecule has 2 N–H and O–H groups in total. The number of hydrogen-bond donors (Lipinski definition) is 2. The SMILES string of the molecule is O=C(Cc1ccc2cn[nH]c2c1)N1CCC(C2CCCNC2)CC1. The Morgan fingerprint density at radius 3 is 2.88 bits per heavy atom. The minimum Gasteiger partial charge on any atom is -0.342 e. The number of piperidine rings is 2. The zero-order chi connectivity index (χ0) is 16.4. The second-order valence-electron chi connectivity index (χ2n) is 7.29. The van der Waals surface area contributed by atoms with Crippen LogP contribution in [0.15, 0.2) is 24.4 Å². The van der Waals surface area contributed by atoms with Gasteiger partial charge in [0, 0.05) is 18.5 Å². The quantitative estimate of drug-likeness (QED) is 0.910. The fourth-order valence-corrected chi connectivity index (χ4v) is 4.28. The number of aromatic amines is 1. The first-order valence-corrected chi connectivity index (χ1v) is 9.20. The molecule has 128 valence electrons. The minimum atomic E-state index is 0.258. The van der Waals surface area contributed by atoms with Gasteiger partial charge in [-0.2, -0.15) is 5.10 Å². The van der Waals surface area contributed by atoms with Crippen LogP contribution in [0.2, 0.25) is 0 Å². The fourth-order valence-electron chi connectivity index (χ4n) is 4.28. The zero-order valence-electron chi connectivity index (χ0n) is 14.1. The summed E-state index contributed by atoms with van der Waals surface area (Å²) in [7, 11) is 0. The number of rotatable bonds is 3. The number of aromatic nitrogens is 2. The zero-order valence-corrected chi connectivity index (χ0v) is 14.1. The minimum absolute atomic E-state index is 0.258. The second-order valence-corrected chi connectivity index (χ2v) is 7.29. The van der Waals surface area contributed by atoms with Gasteiger partial charge in [-0.25, -0.2) is 0 Å². The number of likely N-dealkylation sites (tertiary alicyclic amines) is 1. The molecule has 1 unspecified atom stereocenters. The van der Waals surface area contributed by atoms with Gasteiger partial charge in [0.2, 0.25) is 5.91 Å². The molecule has 0 aliphatic carbocycles. The predicted octanol–water partition coefficient (Wildman–Crippen LogP) is 2.34. The predicted molar refractivity (Wildman–Crippen MR) is 94.7 cm³/mol. The molecule has 4 rings (SSSR count). The van der Waals surface area contributed by atoms with Gasteiger partial charge >= 0.3 is 0 Å². The van der Waals surface area contributed by atoms with E-state index in [4.69, 9.17) is 0 Å². The van der Waals surface area contributed by atoms with E-state index < -0.39 is 0 Å². The summed E-state index contributed by atoms with van der Waals surface area (Å²) < 4.78 is 0. The van der Waals surface area contributed by atoms with Crippen molar-refractivity contribution in [1.29, 1.82) is 0 Å². The van der Waals surface area contributed by atoms with Gasteiger partial charge in [-0.05, 0) is 62.2 Å². The van der Waals surface area contributed by atoms with Crippen LogP contribution >= 0.6 is 0 Å². The number of carbonyl (C=O) groups excluding carboxylic acids is 1. The summed E-state index contributed by atoms with van der Waals surface area (Å²) in [5.41, 5.74) is 2.07. The average Bonchev–Trinajstić information content (AvgIpc) is 3.10. The summed E-state index contributed by atoms with van der Waals surface area (Å²) >= 11 is 0. The number of fused-ring (bicyclic) bond motifs is 1. The van der Waals surface area contributed by atoms with Crippen LogP contribution in [0.3, 0.4) is 0 Å². The Morgan fingerprint density at radius 1 is 1.21 bits per heavy atom. The van der Waals surface area contributed by atoms with E-state index in [0.29, 0.717) is 6.42 Å². The van der Waals surface area contributed by atoms with E-state index in [1.165, 1.54) is 25.9 Å². The van der Waals surface area contributed by atoms with Gasteiger partial charge in [0.1, 0.15) is 0 Å². The molecule has 5 heteroatoms. The van der Waals surface area contributed by atoms with Gasteiger partial charge in [-0.1, -0.05) is 12.1 Å². The third-order valence-corrected chi connectivity index (χ3v) is 5.76. The molecule has 1 amide bonds. The molecule has 2 fully saturated rings. The van der Waals surface area contributed by atoms with Crippen molar-refractivity contribution in [2.24, 2.45) is 11.8 Å². The highest BCUT2D eigenvalue weighted by Crippen LogP contribution is 2.29. The van der Waals surface area contributed by atoms with Crippen molar-refractivity contribution in [1.82, 2.24) is 20.4 Å². The number of amides is 1. The molecular weight excluding hydrogens is 300 g/mol. The maximum absolute atomic E-state index is 12.6. The molecule has 1 aromatic heterocycles. The van der Waals surface area contributed by atoms with E-state index in [1.54, 1.807) is 0 Å². The smallest absolute Gasteiger partial charge is 0.226 e. The molecule has 0 radical (unpaired) electrons. The molecule has 0 bridgehead atoms. The maximum Gasteiger partial charge on any atom is 0.226 e. The molecule has 24 heavy (non-hydrogen) atoms. The molecule has 1 aromatic carbocycles. The van der Waals surface area contributed by atoms with Crippen LogP contribution in [0.25, 0.3) is 10.9 Å². The molecule has 0 spiro atoms. The first-order valence-electron chi connectivity index (χ1n) is 9.20. The molecule has 2 aromatic rings. The van der Waals surface area contributed by atoms with E-state index in [0.717, 1.165) is 54.2 Å². The van der Waals surface area contributed by atoms with Gasteiger partial charge in [-0.3, -0.25) is 9.89 Å². The lowest BCUT2D eigenvalue weighted by atomic mass is 9.80. The highest BCUT2D eigenvalue weighted by atomic mass is 16.2. The van der Waals surface area contributed by atoms with Crippen molar-refractivity contribution in [3.05, 3.63) is 30.0 Å². The van der Waals surface area contributed by atoms with E-state index in [1.807, 2.05) is 24.4 Å². The lowest BCUT2D eigenvalue weighted by molar-refractivity contribution is -0.132. The Morgan fingerprint density at radius 2 is 2.08 bits per heavy atom. The van der Waals surface area contributed by atoms with E-state index >= 15 is 0 Å². The average molecular weight is 326 g/mol. The number of carbonyl (C=O) groups is 1. The summed E-state index contributed by atoms with van der Waals surface area (Å²) in [4.78, 5) is 14.7. The molecule has 2 aliphatic rings. The number of H-pyrrole nitrogens is 1. The Balaban J connectivity index is 1.32. The van der Waals surface area contributed by atoms with Crippen LogP contribution in [0.1, 0.15) is 31.2 Å². The number of benzene rings is 1. The summed E-state index contributed by atoms with van der Waals surface area (Å²) in [6.07, 6.45) is 7.29. The highest BCUT2D eigenvalue weighted by Gasteiger charge is 2.29. The number of nitrogens with one attached hydrogen (secondary N) is 2. The third kappa shape index (κ3) is 3.31. The number of hydrogen-bond acceptors (Lipinski definition) is 3. The van der Waals surface area contributed by atoms with Crippen LogP contribution in [0.5, 0.6) is 0 Å². The van der Waals surface area contributed by atoms with E-state index in [2.05, 4.69) is 20.4 Å². The van der Waals surface area contributed by atoms with Gasteiger partial charge in [0.15, 0.2) is 0 Å². The summed E-state index contributed by atoms with van der Waals surface area (Å²) in [6.45, 7) is 4.19. The van der Waals surface area contributed by atoms with Gasteiger partial charge in [-0.15, -0.1) is 0 Å². The van der Waals surface area contributed by atoms with Gasteiger partial charge in [0.25, 0.3) is 0 Å². The molecular formula is C19H26N4O. The molecule has 0 saturated carbocycles. The molecule has 3 heterocycles. The maximum atomic E-state index is 12.6. The Hall–Kier alpha value is -1.88. The van der Waals surface area contributed by atoms with Crippen LogP contribution < -0.4 is 5.32 Å². The fraction of sp³-hybridized carbons (Fsp3) is 0.579. The summed E-state index contributed by atoms with van der Waals surface area (Å²) in [5.74, 6) is 1.87. The van der Waals surface area contributed by atoms with Crippen LogP contribution in [0.4, 0.5) is 0 Å². The molecule has 2 saturated heterocycles. The van der Waals surface area contributed by atoms with Crippen molar-refractivity contribution in [3.8, 4) is 0 Å². The van der Waals surface area contributed by atoms with Crippen molar-refractivity contribution in [3.63, 3.8) is 0 Å². The van der Waals surface area contributed by atoms with Crippen LogP contribution in [0, 0.1) is 11.8 Å². The van der Waals surface area contributed by atoms with E-state index in [-0.39, 0.29) is 5.91 Å². The first-order chi connectivity index (χ1) is 11.8. The summed E-state index contributed by atoms with van der Waals surface area (Å²) in [5, 5.41) is 11.6. The third-order valence-electron chi connectivity index (χ3n) is 5.76. The highest BCUT2D eigenvalue weighted by molar-refractivity contribution is 5.82. The van der Waals surface area contributed by atoms with Crippen molar-refractivity contribution >= 4 is 16.8 Å². The monoisotopic (exact) mass is 326 g/mol. The Labute approximate surface area is 142 Å². The van der Waals surface area contributed by atoms with Crippen molar-refractivity contribution < 1.29 is 4.79 Å². The number of nitrogens with zero attached hydrogens (tertiary/aromatic N) is 2. The lowest BCUT2D eigenvalue weighted by Gasteiger charge is -2.37. The van der Waals surface area contributed by atoms with E-state index in [9.17, 15) is 4.79 Å². The first kappa shape index (κ1) is 15.6. The van der Waals surface area contributed by atoms with Crippen LogP contribution in [-0.2, 0) is 11.2 Å². The Kier molecular flexibility index (Phi) is 4.52.